The third-order valence-electron chi connectivity index (χ3n) is 5.70. The average molecular weight is 336 g/mol. The molecule has 2 heterocycles. The zero-order valence-corrected chi connectivity index (χ0v) is 14.3. The quantitative estimate of drug-likeness (QED) is 0.914. The van der Waals surface area contributed by atoms with Crippen molar-refractivity contribution < 1.29 is 19.0 Å². The largest absolute Gasteiger partial charge is 0.494 e. The number of ether oxygens (including phenoxy) is 1. The Morgan fingerprint density at radius 2 is 2.21 bits per heavy atom. The van der Waals surface area contributed by atoms with E-state index in [1.807, 2.05) is 4.90 Å². The first-order valence-electron chi connectivity index (χ1n) is 8.45. The Bertz CT molecular complexity index is 624. The van der Waals surface area contributed by atoms with Crippen LogP contribution in [0.3, 0.4) is 0 Å². The highest BCUT2D eigenvalue weighted by atomic mass is 19.1. The minimum atomic E-state index is -0.473. The van der Waals surface area contributed by atoms with Crippen LogP contribution in [0.1, 0.15) is 29.6 Å². The van der Waals surface area contributed by atoms with Gasteiger partial charge in [0, 0.05) is 30.1 Å². The maximum Gasteiger partial charge on any atom is 0.254 e. The molecule has 6 heteroatoms. The highest BCUT2D eigenvalue weighted by molar-refractivity contribution is 5.94. The third-order valence-corrected chi connectivity index (χ3v) is 5.70. The topological polar surface area (TPSA) is 53.0 Å². The van der Waals surface area contributed by atoms with Gasteiger partial charge in [0.1, 0.15) is 0 Å². The molecule has 0 saturated carbocycles. The molecule has 1 amide bonds. The van der Waals surface area contributed by atoms with E-state index in [1.54, 1.807) is 0 Å². The van der Waals surface area contributed by atoms with Crippen molar-refractivity contribution in [3.05, 3.63) is 29.6 Å². The van der Waals surface area contributed by atoms with Crippen LogP contribution in [0.4, 0.5) is 4.39 Å². The van der Waals surface area contributed by atoms with Crippen molar-refractivity contribution in [2.45, 2.75) is 25.3 Å². The number of likely N-dealkylation sites (tertiary alicyclic amines) is 2. The Morgan fingerprint density at radius 1 is 1.42 bits per heavy atom. The van der Waals surface area contributed by atoms with E-state index < -0.39 is 5.82 Å². The number of halogens is 1. The van der Waals surface area contributed by atoms with Crippen LogP contribution in [0.5, 0.6) is 5.75 Å². The van der Waals surface area contributed by atoms with Gasteiger partial charge in [-0.3, -0.25) is 4.79 Å². The molecule has 132 valence electrons. The number of likely N-dealkylation sites (N-methyl/N-ethyl adjacent to an activating group) is 1. The van der Waals surface area contributed by atoms with E-state index in [0.29, 0.717) is 18.7 Å². The number of piperidine rings is 2. The number of fused-ring (bicyclic) bond motifs is 1. The molecule has 2 aliphatic heterocycles. The lowest BCUT2D eigenvalue weighted by Crippen LogP contribution is -2.62. The molecule has 0 spiro atoms. The standard InChI is InChI=1S/C18H25FN2O3/c1-20-8-3-6-18(12-22)7-9-21(11-16(18)20)17(23)13-4-5-14(19)15(10-13)24-2/h4-5,10,16,22H,3,6-9,11-12H2,1-2H3/t16-,18-/m1/s1. The van der Waals surface area contributed by atoms with Crippen molar-refractivity contribution in [1.29, 1.82) is 0 Å². The molecule has 2 fully saturated rings. The molecule has 2 aliphatic rings. The Labute approximate surface area is 142 Å². The highest BCUT2D eigenvalue weighted by Gasteiger charge is 2.47. The van der Waals surface area contributed by atoms with Gasteiger partial charge >= 0.3 is 0 Å². The summed E-state index contributed by atoms with van der Waals surface area (Å²) in [5.41, 5.74) is 0.327. The van der Waals surface area contributed by atoms with E-state index in [-0.39, 0.29) is 29.7 Å². The van der Waals surface area contributed by atoms with Crippen molar-refractivity contribution in [3.63, 3.8) is 0 Å². The van der Waals surface area contributed by atoms with E-state index in [4.69, 9.17) is 4.74 Å². The maximum atomic E-state index is 13.6. The van der Waals surface area contributed by atoms with Crippen LogP contribution < -0.4 is 4.74 Å². The Morgan fingerprint density at radius 3 is 2.92 bits per heavy atom. The first kappa shape index (κ1) is 17.2. The summed E-state index contributed by atoms with van der Waals surface area (Å²) in [6, 6.07) is 4.38. The van der Waals surface area contributed by atoms with Crippen LogP contribution in [0, 0.1) is 11.2 Å². The average Bonchev–Trinajstić information content (AvgIpc) is 2.61. The number of aliphatic hydroxyl groups is 1. The molecule has 1 aromatic rings. The molecule has 2 saturated heterocycles. The molecule has 0 bridgehead atoms. The second kappa shape index (κ2) is 6.69. The normalized spacial score (nSPS) is 27.7. The molecule has 0 radical (unpaired) electrons. The van der Waals surface area contributed by atoms with Gasteiger partial charge in [-0.2, -0.15) is 0 Å². The SMILES string of the molecule is COc1cc(C(=O)N2CC[C@@]3(CO)CCCN(C)[C@@H]3C2)ccc1F. The summed E-state index contributed by atoms with van der Waals surface area (Å²) in [6.45, 7) is 2.35. The van der Waals surface area contributed by atoms with Gasteiger partial charge in [0.05, 0.1) is 13.7 Å². The summed E-state index contributed by atoms with van der Waals surface area (Å²) in [5.74, 6) is -0.504. The van der Waals surface area contributed by atoms with Crippen LogP contribution in [-0.4, -0.2) is 67.3 Å². The summed E-state index contributed by atoms with van der Waals surface area (Å²) in [6.07, 6.45) is 2.88. The van der Waals surface area contributed by atoms with Crippen molar-refractivity contribution in [3.8, 4) is 5.75 Å². The summed E-state index contributed by atoms with van der Waals surface area (Å²) in [5, 5.41) is 9.95. The number of carbonyl (C=O) groups is 1. The van der Waals surface area contributed by atoms with E-state index in [9.17, 15) is 14.3 Å². The van der Waals surface area contributed by atoms with Crippen LogP contribution in [0.15, 0.2) is 18.2 Å². The number of amides is 1. The number of nitrogens with zero attached hydrogens (tertiary/aromatic N) is 2. The second-order valence-corrected chi connectivity index (χ2v) is 6.97. The number of benzene rings is 1. The monoisotopic (exact) mass is 336 g/mol. The van der Waals surface area contributed by atoms with Gasteiger partial charge in [-0.25, -0.2) is 4.39 Å². The number of hydrogen-bond donors (Lipinski definition) is 1. The number of aliphatic hydroxyl groups excluding tert-OH is 1. The van der Waals surface area contributed by atoms with Crippen LogP contribution in [-0.2, 0) is 0 Å². The lowest BCUT2D eigenvalue weighted by molar-refractivity contribution is -0.0601. The van der Waals surface area contributed by atoms with Crippen molar-refractivity contribution in [1.82, 2.24) is 9.80 Å². The fourth-order valence-corrected chi connectivity index (χ4v) is 4.18. The summed E-state index contributed by atoms with van der Waals surface area (Å²) >= 11 is 0. The van der Waals surface area contributed by atoms with Gasteiger partial charge in [-0.1, -0.05) is 0 Å². The smallest absolute Gasteiger partial charge is 0.254 e. The molecule has 0 aromatic heterocycles. The Hall–Kier alpha value is -1.66. The first-order valence-corrected chi connectivity index (χ1v) is 8.45. The van der Waals surface area contributed by atoms with Gasteiger partial charge in [0.25, 0.3) is 5.91 Å². The van der Waals surface area contributed by atoms with Crippen LogP contribution >= 0.6 is 0 Å². The van der Waals surface area contributed by atoms with Gasteiger partial charge in [0.2, 0.25) is 0 Å². The zero-order valence-electron chi connectivity index (χ0n) is 14.3. The predicted octanol–water partition coefficient (Wildman–Crippen LogP) is 1.75. The highest BCUT2D eigenvalue weighted by Crippen LogP contribution is 2.41. The molecule has 24 heavy (non-hydrogen) atoms. The maximum absolute atomic E-state index is 13.6. The second-order valence-electron chi connectivity index (χ2n) is 6.97. The number of rotatable bonds is 3. The number of methoxy groups -OCH3 is 1. The van der Waals surface area contributed by atoms with E-state index in [1.165, 1.54) is 25.3 Å². The summed E-state index contributed by atoms with van der Waals surface area (Å²) in [4.78, 5) is 16.9. The third kappa shape index (κ3) is 2.89. The number of carbonyl (C=O) groups excluding carboxylic acids is 1. The first-order chi connectivity index (χ1) is 11.5. The van der Waals surface area contributed by atoms with Crippen molar-refractivity contribution in [2.24, 2.45) is 5.41 Å². The number of hydrogen-bond acceptors (Lipinski definition) is 4. The molecule has 1 aromatic carbocycles. The molecular formula is C18H25FN2O3. The minimum absolute atomic E-state index is 0.0809. The lowest BCUT2D eigenvalue weighted by atomic mass is 9.69. The molecule has 3 rings (SSSR count). The van der Waals surface area contributed by atoms with E-state index >= 15 is 0 Å². The van der Waals surface area contributed by atoms with Gasteiger partial charge in [-0.15, -0.1) is 0 Å². The molecule has 0 aliphatic carbocycles. The lowest BCUT2D eigenvalue weighted by Gasteiger charge is -2.53. The van der Waals surface area contributed by atoms with Crippen LogP contribution in [0.25, 0.3) is 0 Å². The predicted molar refractivity (Wildman–Crippen MR) is 88.6 cm³/mol. The Kier molecular flexibility index (Phi) is 4.78. The van der Waals surface area contributed by atoms with Gasteiger partial charge in [-0.05, 0) is 51.1 Å². The molecule has 1 N–H and O–H groups in total. The van der Waals surface area contributed by atoms with Crippen molar-refractivity contribution in [2.75, 3.05) is 40.4 Å². The summed E-state index contributed by atoms with van der Waals surface area (Å²) in [7, 11) is 3.45. The fraction of sp³-hybridized carbons (Fsp3) is 0.611. The fourth-order valence-electron chi connectivity index (χ4n) is 4.18. The molecule has 5 nitrogen and oxygen atoms in total. The Balaban J connectivity index is 1.80. The summed E-state index contributed by atoms with van der Waals surface area (Å²) < 4.78 is 18.5. The van der Waals surface area contributed by atoms with Gasteiger partial charge in [0.15, 0.2) is 11.6 Å². The zero-order chi connectivity index (χ0) is 17.3. The molecule has 2 atom stereocenters. The van der Waals surface area contributed by atoms with Crippen molar-refractivity contribution >= 4 is 5.91 Å². The molecular weight excluding hydrogens is 311 g/mol. The molecule has 0 unspecified atom stereocenters. The van der Waals surface area contributed by atoms with E-state index in [2.05, 4.69) is 11.9 Å². The van der Waals surface area contributed by atoms with Crippen LogP contribution in [0.2, 0.25) is 0 Å². The van der Waals surface area contributed by atoms with E-state index in [0.717, 1.165) is 25.8 Å². The van der Waals surface area contributed by atoms with Gasteiger partial charge < -0.3 is 19.6 Å². The minimum Gasteiger partial charge on any atom is -0.494 e.